The standard InChI is InChI=1S/C24H20BrN3O/c25-14-11-9-13(10-12-14)19-20-21(26)15-5-1-3-7-17(15)28-24(20)29-23-16-6-2-4-8-18(16)27-22(19)23/h2,4,6,8-12,19,27H,1,3,5,7H2,(H2,26,28). The fourth-order valence-electron chi connectivity index (χ4n) is 4.80. The van der Waals surface area contributed by atoms with Crippen molar-refractivity contribution in [2.75, 3.05) is 5.73 Å². The number of para-hydroxylation sites is 1. The van der Waals surface area contributed by atoms with Crippen LogP contribution in [0, 0.1) is 0 Å². The topological polar surface area (TPSA) is 63.9 Å². The van der Waals surface area contributed by atoms with Gasteiger partial charge in [0.15, 0.2) is 5.75 Å². The van der Waals surface area contributed by atoms with Gasteiger partial charge in [0.05, 0.1) is 17.2 Å². The maximum absolute atomic E-state index is 6.79. The van der Waals surface area contributed by atoms with Crippen LogP contribution in [0.4, 0.5) is 5.69 Å². The molecule has 0 saturated heterocycles. The van der Waals surface area contributed by atoms with E-state index in [4.69, 9.17) is 15.5 Å². The number of nitrogens with zero attached hydrogens (tertiary/aromatic N) is 1. The predicted molar refractivity (Wildman–Crippen MR) is 119 cm³/mol. The summed E-state index contributed by atoms with van der Waals surface area (Å²) in [7, 11) is 0. The lowest BCUT2D eigenvalue weighted by molar-refractivity contribution is 0.433. The van der Waals surface area contributed by atoms with Crippen LogP contribution in [0.15, 0.2) is 53.0 Å². The minimum atomic E-state index is -0.0334. The van der Waals surface area contributed by atoms with Crippen LogP contribution in [0.3, 0.4) is 0 Å². The van der Waals surface area contributed by atoms with E-state index in [1.165, 1.54) is 17.5 Å². The van der Waals surface area contributed by atoms with E-state index in [0.717, 1.165) is 63.0 Å². The number of benzene rings is 2. The zero-order valence-corrected chi connectivity index (χ0v) is 17.4. The Bertz CT molecular complexity index is 1260. The second-order valence-corrected chi connectivity index (χ2v) is 8.79. The fraction of sp³-hybridized carbons (Fsp3) is 0.208. The van der Waals surface area contributed by atoms with Crippen molar-refractivity contribution < 1.29 is 4.74 Å². The molecule has 1 unspecified atom stereocenters. The number of fused-ring (bicyclic) bond motifs is 5. The highest BCUT2D eigenvalue weighted by molar-refractivity contribution is 9.10. The SMILES string of the molecule is Nc1c2c(nc3c1C(c1ccc(Br)cc1)c1[nH]c4ccccc4c1O3)CCCC2. The Morgan fingerprint density at radius 2 is 1.83 bits per heavy atom. The van der Waals surface area contributed by atoms with Gasteiger partial charge in [0.1, 0.15) is 0 Å². The molecule has 5 heteroatoms. The van der Waals surface area contributed by atoms with E-state index >= 15 is 0 Å². The largest absolute Gasteiger partial charge is 0.436 e. The molecule has 3 N–H and O–H groups in total. The van der Waals surface area contributed by atoms with Gasteiger partial charge in [0.25, 0.3) is 0 Å². The number of hydrogen-bond acceptors (Lipinski definition) is 3. The highest BCUT2D eigenvalue weighted by atomic mass is 79.9. The third-order valence-corrected chi connectivity index (χ3v) is 6.71. The van der Waals surface area contributed by atoms with Crippen LogP contribution < -0.4 is 10.5 Å². The molecule has 3 heterocycles. The second kappa shape index (κ2) is 6.36. The van der Waals surface area contributed by atoms with Crippen LogP contribution in [-0.4, -0.2) is 9.97 Å². The Balaban J connectivity index is 1.66. The number of halogens is 1. The molecule has 4 nitrogen and oxygen atoms in total. The lowest BCUT2D eigenvalue weighted by atomic mass is 9.83. The monoisotopic (exact) mass is 445 g/mol. The van der Waals surface area contributed by atoms with Crippen molar-refractivity contribution >= 4 is 32.5 Å². The van der Waals surface area contributed by atoms with E-state index in [0.29, 0.717) is 5.88 Å². The van der Waals surface area contributed by atoms with E-state index < -0.39 is 0 Å². The summed E-state index contributed by atoms with van der Waals surface area (Å²) in [6.07, 6.45) is 4.29. The Labute approximate surface area is 177 Å². The first-order chi connectivity index (χ1) is 14.2. The average Bonchev–Trinajstić information content (AvgIpc) is 3.11. The van der Waals surface area contributed by atoms with Crippen LogP contribution in [-0.2, 0) is 12.8 Å². The smallest absolute Gasteiger partial charge is 0.225 e. The van der Waals surface area contributed by atoms with Crippen molar-refractivity contribution in [3.8, 4) is 11.6 Å². The van der Waals surface area contributed by atoms with Gasteiger partial charge in [-0.15, -0.1) is 0 Å². The van der Waals surface area contributed by atoms with Crippen LogP contribution in [0.25, 0.3) is 10.9 Å². The minimum absolute atomic E-state index is 0.0334. The number of ether oxygens (including phenoxy) is 1. The average molecular weight is 446 g/mol. The number of nitrogens with one attached hydrogen (secondary N) is 1. The van der Waals surface area contributed by atoms with E-state index in [1.54, 1.807) is 0 Å². The molecular weight excluding hydrogens is 426 g/mol. The third kappa shape index (κ3) is 2.53. The van der Waals surface area contributed by atoms with E-state index in [1.807, 2.05) is 12.1 Å². The van der Waals surface area contributed by atoms with Crippen molar-refractivity contribution in [2.24, 2.45) is 0 Å². The Hall–Kier alpha value is -2.79. The van der Waals surface area contributed by atoms with Crippen molar-refractivity contribution in [1.29, 1.82) is 0 Å². The van der Waals surface area contributed by atoms with E-state index in [-0.39, 0.29) is 5.92 Å². The zero-order valence-electron chi connectivity index (χ0n) is 15.8. The normalized spacial score (nSPS) is 17.3. The number of anilines is 1. The fourth-order valence-corrected chi connectivity index (χ4v) is 5.06. The van der Waals surface area contributed by atoms with Crippen LogP contribution in [0.1, 0.15) is 46.8 Å². The molecule has 0 radical (unpaired) electrons. The molecule has 6 rings (SSSR count). The summed E-state index contributed by atoms with van der Waals surface area (Å²) < 4.78 is 7.48. The van der Waals surface area contributed by atoms with Gasteiger partial charge in [-0.05, 0) is 61.1 Å². The molecule has 29 heavy (non-hydrogen) atoms. The first-order valence-corrected chi connectivity index (χ1v) is 10.8. The third-order valence-electron chi connectivity index (χ3n) is 6.19. The molecule has 1 aliphatic heterocycles. The Kier molecular flexibility index (Phi) is 3.75. The molecule has 0 spiro atoms. The van der Waals surface area contributed by atoms with Crippen molar-refractivity contribution in [2.45, 2.75) is 31.6 Å². The van der Waals surface area contributed by atoms with E-state index in [9.17, 15) is 0 Å². The molecule has 0 amide bonds. The molecule has 144 valence electrons. The summed E-state index contributed by atoms with van der Waals surface area (Å²) in [5.41, 5.74) is 14.2. The first-order valence-electron chi connectivity index (χ1n) is 10.1. The van der Waals surface area contributed by atoms with Crippen LogP contribution >= 0.6 is 15.9 Å². The maximum atomic E-state index is 6.79. The lowest BCUT2D eigenvalue weighted by Crippen LogP contribution is -2.19. The molecule has 1 atom stereocenters. The Morgan fingerprint density at radius 1 is 1.03 bits per heavy atom. The number of nitrogen functional groups attached to an aromatic ring is 1. The van der Waals surface area contributed by atoms with Crippen LogP contribution in [0.5, 0.6) is 11.6 Å². The summed E-state index contributed by atoms with van der Waals surface area (Å²) in [6, 6.07) is 16.7. The van der Waals surface area contributed by atoms with Crippen molar-refractivity contribution in [3.63, 3.8) is 0 Å². The Morgan fingerprint density at radius 3 is 2.69 bits per heavy atom. The quantitative estimate of drug-likeness (QED) is 0.328. The highest BCUT2D eigenvalue weighted by Gasteiger charge is 2.36. The van der Waals surface area contributed by atoms with Crippen molar-refractivity contribution in [3.05, 3.63) is 81.1 Å². The van der Waals surface area contributed by atoms with Gasteiger partial charge in [-0.25, -0.2) is 4.98 Å². The number of H-pyrrole nitrogens is 1. The summed E-state index contributed by atoms with van der Waals surface area (Å²) in [5.74, 6) is 1.49. The second-order valence-electron chi connectivity index (χ2n) is 7.88. The van der Waals surface area contributed by atoms with Crippen LogP contribution in [0.2, 0.25) is 0 Å². The molecule has 1 aliphatic carbocycles. The van der Waals surface area contributed by atoms with Gasteiger partial charge >= 0.3 is 0 Å². The van der Waals surface area contributed by atoms with Gasteiger partial charge in [0.2, 0.25) is 5.88 Å². The summed E-state index contributed by atoms with van der Waals surface area (Å²) >= 11 is 3.56. The molecule has 4 aromatic rings. The first kappa shape index (κ1) is 17.1. The molecule has 0 fully saturated rings. The van der Waals surface area contributed by atoms with Gasteiger partial charge in [-0.1, -0.05) is 40.2 Å². The lowest BCUT2D eigenvalue weighted by Gasteiger charge is -2.30. The molecular formula is C24H20BrN3O. The van der Waals surface area contributed by atoms with Gasteiger partial charge in [-0.3, -0.25) is 0 Å². The molecule has 2 aliphatic rings. The summed E-state index contributed by atoms with van der Waals surface area (Å²) in [5, 5.41) is 1.08. The molecule has 2 aromatic carbocycles. The number of aromatic nitrogens is 2. The maximum Gasteiger partial charge on any atom is 0.225 e. The minimum Gasteiger partial charge on any atom is -0.436 e. The summed E-state index contributed by atoms with van der Waals surface area (Å²) in [4.78, 5) is 8.58. The van der Waals surface area contributed by atoms with Gasteiger partial charge in [-0.2, -0.15) is 0 Å². The molecule has 2 aromatic heterocycles. The number of rotatable bonds is 1. The number of hydrogen-bond donors (Lipinski definition) is 2. The number of pyridine rings is 1. The number of nitrogens with two attached hydrogens (primary N) is 1. The number of aromatic amines is 1. The van der Waals surface area contributed by atoms with Gasteiger partial charge < -0.3 is 15.5 Å². The predicted octanol–water partition coefficient (Wildman–Crippen LogP) is 6.07. The zero-order chi connectivity index (χ0) is 19.5. The molecule has 0 saturated carbocycles. The number of aryl methyl sites for hydroxylation is 1. The summed E-state index contributed by atoms with van der Waals surface area (Å²) in [6.45, 7) is 0. The van der Waals surface area contributed by atoms with E-state index in [2.05, 4.69) is 57.3 Å². The van der Waals surface area contributed by atoms with Gasteiger partial charge in [0, 0.05) is 26.8 Å². The highest BCUT2D eigenvalue weighted by Crippen LogP contribution is 2.52. The van der Waals surface area contributed by atoms with Crippen molar-refractivity contribution in [1.82, 2.24) is 9.97 Å². The molecule has 0 bridgehead atoms.